The molecular formula is C14H16BrNO. The van der Waals surface area contributed by atoms with Gasteiger partial charge in [0.15, 0.2) is 0 Å². The zero-order chi connectivity index (χ0) is 12.3. The first-order valence-electron chi connectivity index (χ1n) is 5.63. The summed E-state index contributed by atoms with van der Waals surface area (Å²) in [4.78, 5) is 0. The van der Waals surface area contributed by atoms with Crippen LogP contribution in [0.4, 0.5) is 0 Å². The SMILES string of the molecule is COCCn1c(C)ccc1-c1ccc(Br)cc1. The second-order valence-corrected chi connectivity index (χ2v) is 4.93. The molecule has 0 fully saturated rings. The number of nitrogens with zero attached hydrogens (tertiary/aromatic N) is 1. The molecule has 2 aromatic rings. The summed E-state index contributed by atoms with van der Waals surface area (Å²) < 4.78 is 8.54. The van der Waals surface area contributed by atoms with Crippen LogP contribution in [0.25, 0.3) is 11.3 Å². The highest BCUT2D eigenvalue weighted by atomic mass is 79.9. The number of hydrogen-bond donors (Lipinski definition) is 0. The summed E-state index contributed by atoms with van der Waals surface area (Å²) >= 11 is 3.46. The van der Waals surface area contributed by atoms with E-state index >= 15 is 0 Å². The van der Waals surface area contributed by atoms with Gasteiger partial charge in [0.05, 0.1) is 6.61 Å². The van der Waals surface area contributed by atoms with E-state index in [4.69, 9.17) is 4.74 Å². The number of halogens is 1. The number of hydrogen-bond acceptors (Lipinski definition) is 1. The van der Waals surface area contributed by atoms with Crippen molar-refractivity contribution in [1.29, 1.82) is 0 Å². The van der Waals surface area contributed by atoms with Crippen LogP contribution < -0.4 is 0 Å². The van der Waals surface area contributed by atoms with E-state index in [1.165, 1.54) is 17.0 Å². The summed E-state index contributed by atoms with van der Waals surface area (Å²) in [7, 11) is 1.73. The molecule has 3 heteroatoms. The highest BCUT2D eigenvalue weighted by Gasteiger charge is 2.06. The van der Waals surface area contributed by atoms with Gasteiger partial charge in [0.2, 0.25) is 0 Å². The van der Waals surface area contributed by atoms with E-state index in [9.17, 15) is 0 Å². The van der Waals surface area contributed by atoms with Crippen molar-refractivity contribution in [2.75, 3.05) is 13.7 Å². The fourth-order valence-corrected chi connectivity index (χ4v) is 2.19. The van der Waals surface area contributed by atoms with E-state index in [-0.39, 0.29) is 0 Å². The third-order valence-electron chi connectivity index (χ3n) is 2.86. The summed E-state index contributed by atoms with van der Waals surface area (Å²) in [5.41, 5.74) is 3.74. The molecule has 0 saturated heterocycles. The smallest absolute Gasteiger partial charge is 0.0642 e. The van der Waals surface area contributed by atoms with Crippen LogP contribution in [-0.4, -0.2) is 18.3 Å². The molecule has 0 spiro atoms. The standard InChI is InChI=1S/C14H16BrNO/c1-11-3-8-14(16(11)9-10-17-2)12-4-6-13(15)7-5-12/h3-8H,9-10H2,1-2H3. The van der Waals surface area contributed by atoms with E-state index < -0.39 is 0 Å². The molecule has 1 aromatic carbocycles. The van der Waals surface area contributed by atoms with Gasteiger partial charge in [0.25, 0.3) is 0 Å². The molecule has 0 amide bonds. The molecule has 1 heterocycles. The molecule has 2 rings (SSSR count). The normalized spacial score (nSPS) is 10.8. The Labute approximate surface area is 110 Å². The van der Waals surface area contributed by atoms with Crippen LogP contribution in [0, 0.1) is 6.92 Å². The van der Waals surface area contributed by atoms with Gasteiger partial charge < -0.3 is 9.30 Å². The maximum Gasteiger partial charge on any atom is 0.0642 e. The lowest BCUT2D eigenvalue weighted by Crippen LogP contribution is -2.07. The number of aromatic nitrogens is 1. The maximum absolute atomic E-state index is 5.15. The molecule has 0 saturated carbocycles. The summed E-state index contributed by atoms with van der Waals surface area (Å²) in [5.74, 6) is 0. The number of ether oxygens (including phenoxy) is 1. The molecule has 0 aliphatic carbocycles. The van der Waals surface area contributed by atoms with Crippen LogP contribution in [0.5, 0.6) is 0 Å². The number of benzene rings is 1. The molecule has 0 aliphatic heterocycles. The van der Waals surface area contributed by atoms with Crippen molar-refractivity contribution in [3.8, 4) is 11.3 Å². The highest BCUT2D eigenvalue weighted by molar-refractivity contribution is 9.10. The molecule has 0 unspecified atom stereocenters. The Morgan fingerprint density at radius 2 is 1.82 bits per heavy atom. The van der Waals surface area contributed by atoms with Crippen LogP contribution >= 0.6 is 15.9 Å². The van der Waals surface area contributed by atoms with Crippen molar-refractivity contribution in [3.05, 3.63) is 46.6 Å². The van der Waals surface area contributed by atoms with Gasteiger partial charge in [-0.3, -0.25) is 0 Å². The highest BCUT2D eigenvalue weighted by Crippen LogP contribution is 2.24. The predicted octanol–water partition coefficient (Wildman–Crippen LogP) is 3.87. The third kappa shape index (κ3) is 2.79. The topological polar surface area (TPSA) is 14.2 Å². The zero-order valence-electron chi connectivity index (χ0n) is 10.1. The molecular weight excluding hydrogens is 278 g/mol. The summed E-state index contributed by atoms with van der Waals surface area (Å²) in [6.07, 6.45) is 0. The molecule has 1 aromatic heterocycles. The second-order valence-electron chi connectivity index (χ2n) is 4.01. The molecule has 0 radical (unpaired) electrons. The Hall–Kier alpha value is -1.06. The van der Waals surface area contributed by atoms with Crippen molar-refractivity contribution in [1.82, 2.24) is 4.57 Å². The van der Waals surface area contributed by atoms with Gasteiger partial charge in [0, 0.05) is 29.5 Å². The zero-order valence-corrected chi connectivity index (χ0v) is 11.7. The first kappa shape index (κ1) is 12.4. The lowest BCUT2D eigenvalue weighted by Gasteiger charge is -2.11. The van der Waals surface area contributed by atoms with E-state index in [1.807, 2.05) is 0 Å². The first-order valence-corrected chi connectivity index (χ1v) is 6.42. The van der Waals surface area contributed by atoms with Crippen LogP contribution in [0.3, 0.4) is 0 Å². The van der Waals surface area contributed by atoms with Gasteiger partial charge in [-0.25, -0.2) is 0 Å². The van der Waals surface area contributed by atoms with Gasteiger partial charge in [-0.05, 0) is 36.8 Å². The van der Waals surface area contributed by atoms with Crippen molar-refractivity contribution in [2.45, 2.75) is 13.5 Å². The lowest BCUT2D eigenvalue weighted by molar-refractivity contribution is 0.187. The Morgan fingerprint density at radius 1 is 1.12 bits per heavy atom. The van der Waals surface area contributed by atoms with Crippen LogP contribution in [-0.2, 0) is 11.3 Å². The van der Waals surface area contributed by atoms with Gasteiger partial charge in [0.1, 0.15) is 0 Å². The fourth-order valence-electron chi connectivity index (χ4n) is 1.92. The quantitative estimate of drug-likeness (QED) is 0.835. The van der Waals surface area contributed by atoms with E-state index in [0.29, 0.717) is 0 Å². The monoisotopic (exact) mass is 293 g/mol. The van der Waals surface area contributed by atoms with Gasteiger partial charge in [-0.2, -0.15) is 0 Å². The lowest BCUT2D eigenvalue weighted by atomic mass is 10.1. The van der Waals surface area contributed by atoms with Gasteiger partial charge >= 0.3 is 0 Å². The maximum atomic E-state index is 5.15. The molecule has 0 aliphatic rings. The molecule has 17 heavy (non-hydrogen) atoms. The minimum absolute atomic E-state index is 0.735. The number of rotatable bonds is 4. The summed E-state index contributed by atoms with van der Waals surface area (Å²) in [6, 6.07) is 12.7. The molecule has 90 valence electrons. The van der Waals surface area contributed by atoms with Crippen LogP contribution in [0.2, 0.25) is 0 Å². The van der Waals surface area contributed by atoms with E-state index in [2.05, 4.69) is 63.8 Å². The first-order chi connectivity index (χ1) is 8.22. The average molecular weight is 294 g/mol. The van der Waals surface area contributed by atoms with Crippen molar-refractivity contribution < 1.29 is 4.74 Å². The minimum Gasteiger partial charge on any atom is -0.383 e. The Balaban J connectivity index is 2.34. The van der Waals surface area contributed by atoms with Crippen LogP contribution in [0.1, 0.15) is 5.69 Å². The van der Waals surface area contributed by atoms with Crippen molar-refractivity contribution in [3.63, 3.8) is 0 Å². The number of methoxy groups -OCH3 is 1. The Bertz CT molecular complexity index is 487. The molecule has 0 N–H and O–H groups in total. The molecule has 2 nitrogen and oxygen atoms in total. The number of aryl methyl sites for hydroxylation is 1. The van der Waals surface area contributed by atoms with Crippen molar-refractivity contribution >= 4 is 15.9 Å². The minimum atomic E-state index is 0.735. The van der Waals surface area contributed by atoms with E-state index in [0.717, 1.165) is 17.6 Å². The molecule has 0 atom stereocenters. The van der Waals surface area contributed by atoms with Gasteiger partial charge in [-0.15, -0.1) is 0 Å². The summed E-state index contributed by atoms with van der Waals surface area (Å²) in [5, 5.41) is 0. The molecule has 0 bridgehead atoms. The van der Waals surface area contributed by atoms with Crippen molar-refractivity contribution in [2.24, 2.45) is 0 Å². The third-order valence-corrected chi connectivity index (χ3v) is 3.39. The predicted molar refractivity (Wildman–Crippen MR) is 74.2 cm³/mol. The van der Waals surface area contributed by atoms with Gasteiger partial charge in [-0.1, -0.05) is 28.1 Å². The summed E-state index contributed by atoms with van der Waals surface area (Å²) in [6.45, 7) is 3.75. The van der Waals surface area contributed by atoms with Crippen LogP contribution in [0.15, 0.2) is 40.9 Å². The largest absolute Gasteiger partial charge is 0.383 e. The average Bonchev–Trinajstić information content (AvgIpc) is 2.69. The Morgan fingerprint density at radius 3 is 2.47 bits per heavy atom. The second kappa shape index (κ2) is 5.52. The Kier molecular flexibility index (Phi) is 4.02. The fraction of sp³-hybridized carbons (Fsp3) is 0.286. The van der Waals surface area contributed by atoms with E-state index in [1.54, 1.807) is 7.11 Å².